The first-order valence-corrected chi connectivity index (χ1v) is 9.34. The van der Waals surface area contributed by atoms with Gasteiger partial charge in [0.05, 0.1) is 19.8 Å². The van der Waals surface area contributed by atoms with Crippen molar-refractivity contribution >= 4 is 44.6 Å². The molecule has 4 rings (SSSR count). The lowest BCUT2D eigenvalue weighted by Crippen LogP contribution is -2.07. The van der Waals surface area contributed by atoms with Gasteiger partial charge >= 0.3 is 0 Å². The number of aromatic nitrogens is 4. The number of nitrogens with zero attached hydrogens (tertiary/aromatic N) is 5. The van der Waals surface area contributed by atoms with Gasteiger partial charge in [-0.05, 0) is 40.7 Å². The minimum absolute atomic E-state index is 0.0374. The van der Waals surface area contributed by atoms with Crippen molar-refractivity contribution in [3.05, 3.63) is 46.2 Å². The average Bonchev–Trinajstić information content (AvgIpc) is 3.06. The molecular formula is C19H15BrN6O3. The summed E-state index contributed by atoms with van der Waals surface area (Å²) in [6.07, 6.45) is 1.58. The Bertz CT molecular complexity index is 1270. The summed E-state index contributed by atoms with van der Waals surface area (Å²) in [5.74, 6) is 1.24. The van der Waals surface area contributed by atoms with E-state index in [1.54, 1.807) is 22.8 Å². The SMILES string of the molecule is CCOC1=NC(c2nc3nc(N)c(Br)nc3n2-c2c(O)cccc2OC)=C=C=C1. The van der Waals surface area contributed by atoms with Crippen LogP contribution in [0.5, 0.6) is 11.5 Å². The number of methoxy groups -OCH3 is 1. The van der Waals surface area contributed by atoms with Crippen LogP contribution >= 0.6 is 15.9 Å². The zero-order valence-corrected chi connectivity index (χ0v) is 17.1. The highest BCUT2D eigenvalue weighted by molar-refractivity contribution is 9.10. The number of aliphatic imine (C=N–C) groups is 1. The van der Waals surface area contributed by atoms with E-state index in [9.17, 15) is 5.11 Å². The molecule has 0 saturated heterocycles. The van der Waals surface area contributed by atoms with Gasteiger partial charge in [-0.2, -0.15) is 0 Å². The van der Waals surface area contributed by atoms with Crippen LogP contribution in [-0.2, 0) is 4.74 Å². The van der Waals surface area contributed by atoms with Crippen LogP contribution in [0.2, 0.25) is 0 Å². The zero-order chi connectivity index (χ0) is 20.5. The molecule has 0 saturated carbocycles. The first-order chi connectivity index (χ1) is 14.0. The molecule has 0 spiro atoms. The van der Waals surface area contributed by atoms with E-state index in [0.29, 0.717) is 45.7 Å². The quantitative estimate of drug-likeness (QED) is 0.581. The largest absolute Gasteiger partial charge is 0.506 e. The summed E-state index contributed by atoms with van der Waals surface area (Å²) in [4.78, 5) is 17.7. The topological polar surface area (TPSA) is 121 Å². The molecule has 0 bridgehead atoms. The smallest absolute Gasteiger partial charge is 0.223 e. The highest BCUT2D eigenvalue weighted by atomic mass is 79.9. The highest BCUT2D eigenvalue weighted by Crippen LogP contribution is 2.37. The molecule has 1 aromatic carbocycles. The predicted octanol–water partition coefficient (Wildman–Crippen LogP) is 2.97. The predicted molar refractivity (Wildman–Crippen MR) is 111 cm³/mol. The molecule has 3 N–H and O–H groups in total. The van der Waals surface area contributed by atoms with Crippen molar-refractivity contribution in [1.82, 2.24) is 19.5 Å². The zero-order valence-electron chi connectivity index (χ0n) is 15.5. The molecular weight excluding hydrogens is 440 g/mol. The molecule has 29 heavy (non-hydrogen) atoms. The Hall–Kier alpha value is -3.58. The number of nitrogen functional groups attached to an aromatic ring is 1. The molecule has 0 atom stereocenters. The number of phenols is 1. The van der Waals surface area contributed by atoms with E-state index in [1.165, 1.54) is 13.2 Å². The van der Waals surface area contributed by atoms with E-state index in [4.69, 9.17) is 15.2 Å². The molecule has 3 heterocycles. The fraction of sp³-hybridized carbons (Fsp3) is 0.158. The second-order valence-corrected chi connectivity index (χ2v) is 6.54. The number of ether oxygens (including phenoxy) is 2. The fourth-order valence-electron chi connectivity index (χ4n) is 2.82. The van der Waals surface area contributed by atoms with Gasteiger partial charge in [-0.15, -0.1) is 0 Å². The van der Waals surface area contributed by atoms with E-state index in [0.717, 1.165) is 0 Å². The molecule has 0 unspecified atom stereocenters. The fourth-order valence-corrected chi connectivity index (χ4v) is 3.08. The van der Waals surface area contributed by atoms with Crippen molar-refractivity contribution in [1.29, 1.82) is 0 Å². The summed E-state index contributed by atoms with van der Waals surface area (Å²) < 4.78 is 12.8. The maximum atomic E-state index is 10.6. The van der Waals surface area contributed by atoms with Crippen LogP contribution in [0.1, 0.15) is 12.7 Å². The van der Waals surface area contributed by atoms with E-state index in [2.05, 4.69) is 47.3 Å². The van der Waals surface area contributed by atoms with Crippen molar-refractivity contribution in [3.63, 3.8) is 0 Å². The summed E-state index contributed by atoms with van der Waals surface area (Å²) in [5, 5.41) is 10.6. The third kappa shape index (κ3) is 3.25. The Labute approximate surface area is 173 Å². The summed E-state index contributed by atoms with van der Waals surface area (Å²) in [6, 6.07) is 4.92. The van der Waals surface area contributed by atoms with Gasteiger partial charge in [-0.3, -0.25) is 4.57 Å². The number of halogens is 1. The van der Waals surface area contributed by atoms with E-state index in [1.807, 2.05) is 6.92 Å². The van der Waals surface area contributed by atoms with Crippen molar-refractivity contribution in [3.8, 4) is 17.2 Å². The molecule has 10 heteroatoms. The van der Waals surface area contributed by atoms with Gasteiger partial charge in [0, 0.05) is 0 Å². The number of hydrogen-bond acceptors (Lipinski definition) is 8. The van der Waals surface area contributed by atoms with Crippen molar-refractivity contribution in [2.45, 2.75) is 6.92 Å². The van der Waals surface area contributed by atoms with Gasteiger partial charge in [-0.25, -0.2) is 19.9 Å². The number of para-hydroxylation sites is 1. The molecule has 3 aromatic rings. The minimum atomic E-state index is -0.0374. The third-order valence-electron chi connectivity index (χ3n) is 4.01. The molecule has 0 fully saturated rings. The van der Waals surface area contributed by atoms with Gasteiger partial charge in [-0.1, -0.05) is 11.8 Å². The molecule has 1 aliphatic rings. The van der Waals surface area contributed by atoms with Crippen LogP contribution in [0.15, 0.2) is 45.3 Å². The van der Waals surface area contributed by atoms with Crippen molar-refractivity contribution in [2.75, 3.05) is 19.5 Å². The lowest BCUT2D eigenvalue weighted by molar-refractivity contribution is 0.330. The first-order valence-electron chi connectivity index (χ1n) is 8.54. The molecule has 0 aliphatic carbocycles. The van der Waals surface area contributed by atoms with Crippen molar-refractivity contribution < 1.29 is 14.6 Å². The monoisotopic (exact) mass is 454 g/mol. The summed E-state index contributed by atoms with van der Waals surface area (Å²) >= 11 is 3.29. The number of nitrogens with two attached hydrogens (primary N) is 1. The Morgan fingerprint density at radius 2 is 2.10 bits per heavy atom. The van der Waals surface area contributed by atoms with Crippen molar-refractivity contribution in [2.24, 2.45) is 4.99 Å². The highest BCUT2D eigenvalue weighted by Gasteiger charge is 2.24. The summed E-state index contributed by atoms with van der Waals surface area (Å²) in [6.45, 7) is 2.30. The van der Waals surface area contributed by atoms with E-state index in [-0.39, 0.29) is 17.2 Å². The van der Waals surface area contributed by atoms with Gasteiger partial charge in [0.25, 0.3) is 0 Å². The van der Waals surface area contributed by atoms with Crippen LogP contribution in [0.25, 0.3) is 22.7 Å². The van der Waals surface area contributed by atoms with Gasteiger partial charge in [0.2, 0.25) is 11.5 Å². The molecule has 1 aliphatic heterocycles. The summed E-state index contributed by atoms with van der Waals surface area (Å²) in [7, 11) is 1.50. The Balaban J connectivity index is 2.08. The Kier molecular flexibility index (Phi) is 4.82. The molecule has 146 valence electrons. The van der Waals surface area contributed by atoms with Gasteiger partial charge in [0.15, 0.2) is 27.6 Å². The molecule has 9 nitrogen and oxygen atoms in total. The maximum absolute atomic E-state index is 10.6. The standard InChI is InChI=1S/C19H15BrN6O3/c1-3-29-13-9-4-6-10(22-13)18-25-17-19(23-15(20)16(21)24-17)26(18)14-11(27)7-5-8-12(14)28-2/h5,7-9,27H,3H2,1-2H3,(H2,21,24). The number of fused-ring (bicyclic) bond motifs is 1. The molecule has 0 radical (unpaired) electrons. The van der Waals surface area contributed by atoms with Gasteiger partial charge < -0.3 is 20.3 Å². The minimum Gasteiger partial charge on any atom is -0.506 e. The molecule has 2 aromatic heterocycles. The first kappa shape index (κ1) is 18.8. The number of phenolic OH excluding ortho intramolecular Hbond substituents is 1. The van der Waals surface area contributed by atoms with Crippen LogP contribution in [0, 0.1) is 0 Å². The number of rotatable bonds is 4. The normalized spacial score (nSPS) is 12.8. The van der Waals surface area contributed by atoms with Crippen LogP contribution < -0.4 is 10.5 Å². The second kappa shape index (κ2) is 7.44. The lowest BCUT2D eigenvalue weighted by atomic mass is 10.2. The molecule has 0 amide bonds. The van der Waals surface area contributed by atoms with E-state index < -0.39 is 0 Å². The second-order valence-electron chi connectivity index (χ2n) is 5.79. The number of aromatic hydroxyl groups is 1. The Morgan fingerprint density at radius 1 is 1.28 bits per heavy atom. The van der Waals surface area contributed by atoms with Gasteiger partial charge in [0.1, 0.15) is 17.2 Å². The lowest BCUT2D eigenvalue weighted by Gasteiger charge is -2.14. The maximum Gasteiger partial charge on any atom is 0.223 e. The number of hydrogen-bond donors (Lipinski definition) is 2. The number of imidazole rings is 1. The Morgan fingerprint density at radius 3 is 2.86 bits per heavy atom. The van der Waals surface area contributed by atoms with Crippen LogP contribution in [0.4, 0.5) is 5.82 Å². The summed E-state index contributed by atoms with van der Waals surface area (Å²) in [5.41, 5.74) is 12.9. The number of anilines is 1. The van der Waals surface area contributed by atoms with E-state index >= 15 is 0 Å². The number of benzene rings is 1. The van der Waals surface area contributed by atoms with Crippen LogP contribution in [0.3, 0.4) is 0 Å². The third-order valence-corrected chi connectivity index (χ3v) is 4.59. The average molecular weight is 455 g/mol. The van der Waals surface area contributed by atoms with Crippen LogP contribution in [-0.4, -0.2) is 44.2 Å².